The Morgan fingerprint density at radius 1 is 1.10 bits per heavy atom. The first-order valence-corrected chi connectivity index (χ1v) is 12.3. The molecule has 1 amide bonds. The zero-order valence-corrected chi connectivity index (χ0v) is 19.0. The molecule has 0 bridgehead atoms. The van der Waals surface area contributed by atoms with Gasteiger partial charge in [-0.3, -0.25) is 9.79 Å². The summed E-state index contributed by atoms with van der Waals surface area (Å²) in [5.41, 5.74) is 2.78. The molecular formula is C21H23N3O5S2. The standard InChI is InChI=1S/C21H23N3O5S2/c1-12-4-5-13(20(25)22-14-6-7-17(28-2)18(9-14)29-3)8-15(12)23-21-24-16-10-31(26,27)11-19(16)30-21/h4-9,16,19H,10-11H2,1-3H3,(H,22,25)(H,23,24)/t16-,19-/m0/s1. The van der Waals surface area contributed by atoms with E-state index in [1.54, 1.807) is 37.4 Å². The molecule has 164 valence electrons. The summed E-state index contributed by atoms with van der Waals surface area (Å²) >= 11 is 1.44. The van der Waals surface area contributed by atoms with Crippen molar-refractivity contribution < 1.29 is 22.7 Å². The Balaban J connectivity index is 1.48. The molecular weight excluding hydrogens is 438 g/mol. The van der Waals surface area contributed by atoms with Crippen molar-refractivity contribution in [2.45, 2.75) is 18.2 Å². The van der Waals surface area contributed by atoms with Crippen LogP contribution < -0.4 is 20.1 Å². The van der Waals surface area contributed by atoms with Gasteiger partial charge in [0.1, 0.15) is 0 Å². The van der Waals surface area contributed by atoms with E-state index in [4.69, 9.17) is 9.47 Å². The highest BCUT2D eigenvalue weighted by Crippen LogP contribution is 2.35. The van der Waals surface area contributed by atoms with Crippen molar-refractivity contribution in [2.75, 3.05) is 36.4 Å². The van der Waals surface area contributed by atoms with Gasteiger partial charge in [0.05, 0.1) is 31.8 Å². The number of amidine groups is 1. The number of nitrogens with zero attached hydrogens (tertiary/aromatic N) is 1. The van der Waals surface area contributed by atoms with Gasteiger partial charge in [0, 0.05) is 28.3 Å². The van der Waals surface area contributed by atoms with Crippen molar-refractivity contribution >= 4 is 44.0 Å². The minimum atomic E-state index is -2.99. The zero-order valence-electron chi connectivity index (χ0n) is 17.3. The molecule has 2 aliphatic rings. The highest BCUT2D eigenvalue weighted by molar-refractivity contribution is 8.15. The summed E-state index contributed by atoms with van der Waals surface area (Å²) in [6.07, 6.45) is 0. The van der Waals surface area contributed by atoms with Crippen molar-refractivity contribution in [3.05, 3.63) is 47.5 Å². The van der Waals surface area contributed by atoms with Crippen LogP contribution in [0.4, 0.5) is 11.4 Å². The van der Waals surface area contributed by atoms with E-state index in [9.17, 15) is 13.2 Å². The number of sulfone groups is 1. The molecule has 1 saturated heterocycles. The van der Waals surface area contributed by atoms with Crippen LogP contribution in [-0.4, -0.2) is 56.5 Å². The van der Waals surface area contributed by atoms with Gasteiger partial charge in [-0.15, -0.1) is 0 Å². The summed E-state index contributed by atoms with van der Waals surface area (Å²) in [6.45, 7) is 1.93. The number of rotatable bonds is 5. The number of carbonyl (C=O) groups is 1. The minimum Gasteiger partial charge on any atom is -0.493 e. The Morgan fingerprint density at radius 3 is 2.58 bits per heavy atom. The van der Waals surface area contributed by atoms with E-state index < -0.39 is 9.84 Å². The van der Waals surface area contributed by atoms with E-state index in [1.165, 1.54) is 18.9 Å². The maximum Gasteiger partial charge on any atom is 0.255 e. The van der Waals surface area contributed by atoms with Crippen molar-refractivity contribution in [1.82, 2.24) is 0 Å². The molecule has 31 heavy (non-hydrogen) atoms. The predicted octanol–water partition coefficient (Wildman–Crippen LogP) is 2.94. The smallest absolute Gasteiger partial charge is 0.255 e. The lowest BCUT2D eigenvalue weighted by atomic mass is 10.1. The van der Waals surface area contributed by atoms with Crippen LogP contribution >= 0.6 is 11.8 Å². The molecule has 8 nitrogen and oxygen atoms in total. The second kappa shape index (κ2) is 8.43. The summed E-state index contributed by atoms with van der Waals surface area (Å²) < 4.78 is 34.0. The molecule has 0 saturated carbocycles. The lowest BCUT2D eigenvalue weighted by Crippen LogP contribution is -2.14. The number of ether oxygens (including phenoxy) is 2. The predicted molar refractivity (Wildman–Crippen MR) is 124 cm³/mol. The Labute approximate surface area is 185 Å². The van der Waals surface area contributed by atoms with E-state index in [2.05, 4.69) is 15.6 Å². The summed E-state index contributed by atoms with van der Waals surface area (Å²) in [7, 11) is 0.0953. The van der Waals surface area contributed by atoms with Gasteiger partial charge in [-0.2, -0.15) is 0 Å². The van der Waals surface area contributed by atoms with Gasteiger partial charge in [-0.1, -0.05) is 17.8 Å². The number of methoxy groups -OCH3 is 2. The number of hydrogen-bond donors (Lipinski definition) is 2. The van der Waals surface area contributed by atoms with Gasteiger partial charge in [0.25, 0.3) is 5.91 Å². The number of nitrogens with one attached hydrogen (secondary N) is 2. The lowest BCUT2D eigenvalue weighted by Gasteiger charge is -2.13. The third-order valence-corrected chi connectivity index (χ3v) is 8.34. The second-order valence-electron chi connectivity index (χ2n) is 7.41. The van der Waals surface area contributed by atoms with Crippen molar-refractivity contribution in [3.8, 4) is 11.5 Å². The van der Waals surface area contributed by atoms with Gasteiger partial charge >= 0.3 is 0 Å². The van der Waals surface area contributed by atoms with Crippen LogP contribution in [0.25, 0.3) is 0 Å². The SMILES string of the molecule is COc1ccc(NC(=O)c2ccc(C)c(NC3=N[C@H]4CS(=O)(=O)C[C@@H]4S3)c2)cc1OC. The van der Waals surface area contributed by atoms with E-state index in [0.717, 1.165) is 11.3 Å². The van der Waals surface area contributed by atoms with E-state index in [1.807, 2.05) is 13.0 Å². The van der Waals surface area contributed by atoms with Gasteiger partial charge < -0.3 is 20.1 Å². The number of amides is 1. The maximum absolute atomic E-state index is 12.8. The number of fused-ring (bicyclic) bond motifs is 1. The maximum atomic E-state index is 12.8. The summed E-state index contributed by atoms with van der Waals surface area (Å²) in [6, 6.07) is 10.3. The molecule has 0 spiro atoms. The Hall–Kier alpha value is -2.72. The molecule has 2 aliphatic heterocycles. The first-order valence-electron chi connectivity index (χ1n) is 9.64. The number of anilines is 2. The van der Waals surface area contributed by atoms with Crippen LogP contribution in [0.2, 0.25) is 0 Å². The normalized spacial score (nSPS) is 21.2. The number of aliphatic imine (C=N–C) groups is 1. The molecule has 10 heteroatoms. The van der Waals surface area contributed by atoms with E-state index >= 15 is 0 Å². The van der Waals surface area contributed by atoms with Crippen molar-refractivity contribution in [3.63, 3.8) is 0 Å². The van der Waals surface area contributed by atoms with Crippen LogP contribution in [0.5, 0.6) is 11.5 Å². The molecule has 4 rings (SSSR count). The van der Waals surface area contributed by atoms with Crippen LogP contribution in [0, 0.1) is 6.92 Å². The van der Waals surface area contributed by atoms with Crippen molar-refractivity contribution in [2.24, 2.45) is 4.99 Å². The fourth-order valence-electron chi connectivity index (χ4n) is 3.55. The molecule has 0 aliphatic carbocycles. The van der Waals surface area contributed by atoms with E-state index in [-0.39, 0.29) is 28.7 Å². The van der Waals surface area contributed by atoms with E-state index in [0.29, 0.717) is 27.9 Å². The van der Waals surface area contributed by atoms with Gasteiger partial charge in [0.2, 0.25) is 0 Å². The average Bonchev–Trinajstić information content (AvgIpc) is 3.21. The summed E-state index contributed by atoms with van der Waals surface area (Å²) in [5.74, 6) is 1.09. The van der Waals surface area contributed by atoms with Crippen LogP contribution in [0.3, 0.4) is 0 Å². The highest BCUT2D eigenvalue weighted by Gasteiger charge is 2.42. The van der Waals surface area contributed by atoms with Crippen LogP contribution in [0.1, 0.15) is 15.9 Å². The first kappa shape index (κ1) is 21.5. The zero-order chi connectivity index (χ0) is 22.2. The number of benzene rings is 2. The van der Waals surface area contributed by atoms with Crippen molar-refractivity contribution in [1.29, 1.82) is 0 Å². The fourth-order valence-corrected chi connectivity index (χ4v) is 7.21. The third-order valence-electron chi connectivity index (χ3n) is 5.20. The number of aryl methyl sites for hydroxylation is 1. The Morgan fingerprint density at radius 2 is 1.87 bits per heavy atom. The summed E-state index contributed by atoms with van der Waals surface area (Å²) in [5, 5.41) is 6.77. The molecule has 2 aromatic rings. The number of hydrogen-bond acceptors (Lipinski definition) is 8. The summed E-state index contributed by atoms with van der Waals surface area (Å²) in [4.78, 5) is 17.3. The molecule has 2 aromatic carbocycles. The number of carbonyl (C=O) groups excluding carboxylic acids is 1. The molecule has 2 atom stereocenters. The fraction of sp³-hybridized carbons (Fsp3) is 0.333. The van der Waals surface area contributed by atoms with Crippen LogP contribution in [0.15, 0.2) is 41.4 Å². The molecule has 2 heterocycles. The molecule has 0 unspecified atom stereocenters. The lowest BCUT2D eigenvalue weighted by molar-refractivity contribution is 0.102. The highest BCUT2D eigenvalue weighted by atomic mass is 32.2. The number of thioether (sulfide) groups is 1. The Bertz CT molecular complexity index is 1160. The first-order chi connectivity index (χ1) is 14.8. The second-order valence-corrected chi connectivity index (χ2v) is 10.8. The molecule has 1 fully saturated rings. The third kappa shape index (κ3) is 4.64. The van der Waals surface area contributed by atoms with Gasteiger partial charge in [-0.05, 0) is 36.8 Å². The average molecular weight is 462 g/mol. The largest absolute Gasteiger partial charge is 0.493 e. The molecule has 2 N–H and O–H groups in total. The quantitative estimate of drug-likeness (QED) is 0.705. The molecule has 0 radical (unpaired) electrons. The van der Waals surface area contributed by atoms with Gasteiger partial charge in [0.15, 0.2) is 26.5 Å². The van der Waals surface area contributed by atoms with Gasteiger partial charge in [-0.25, -0.2) is 8.42 Å². The monoisotopic (exact) mass is 461 g/mol. The van der Waals surface area contributed by atoms with Crippen LogP contribution in [-0.2, 0) is 9.84 Å². The topological polar surface area (TPSA) is 106 Å². The minimum absolute atomic E-state index is 0.0376. The molecule has 0 aromatic heterocycles. The Kier molecular flexibility index (Phi) is 5.85.